The van der Waals surface area contributed by atoms with E-state index in [1.54, 1.807) is 0 Å². The Morgan fingerprint density at radius 2 is 1.50 bits per heavy atom. The van der Waals surface area contributed by atoms with Crippen molar-refractivity contribution < 1.29 is 4.74 Å². The fraction of sp³-hybridized carbons (Fsp3) is 0.143. The average molecular weight is 277 g/mol. The Hall–Kier alpha value is -1.12. The van der Waals surface area contributed by atoms with Crippen molar-refractivity contribution in [3.63, 3.8) is 0 Å². The lowest BCUT2D eigenvalue weighted by Gasteiger charge is -2.06. The maximum atomic E-state index is 5.66. The Morgan fingerprint density at radius 3 is 2.25 bits per heavy atom. The van der Waals surface area contributed by atoms with E-state index in [0.717, 1.165) is 4.47 Å². The van der Waals surface area contributed by atoms with Crippen molar-refractivity contribution in [3.8, 4) is 0 Å². The molecule has 1 nitrogen and oxygen atoms in total. The van der Waals surface area contributed by atoms with Crippen molar-refractivity contribution in [1.29, 1.82) is 0 Å². The van der Waals surface area contributed by atoms with E-state index in [4.69, 9.17) is 4.74 Å². The SMILES string of the molecule is Brc1ccccc1COCc1ccccc1. The van der Waals surface area contributed by atoms with Crippen LogP contribution in [0.25, 0.3) is 0 Å². The summed E-state index contributed by atoms with van der Waals surface area (Å²) in [6.45, 7) is 1.29. The van der Waals surface area contributed by atoms with E-state index in [1.165, 1.54) is 11.1 Å². The van der Waals surface area contributed by atoms with Crippen LogP contribution >= 0.6 is 15.9 Å². The summed E-state index contributed by atoms with van der Waals surface area (Å²) in [6, 6.07) is 18.3. The largest absolute Gasteiger partial charge is 0.372 e. The van der Waals surface area contributed by atoms with Gasteiger partial charge in [-0.25, -0.2) is 0 Å². The van der Waals surface area contributed by atoms with Crippen LogP contribution in [0, 0.1) is 0 Å². The summed E-state index contributed by atoms with van der Waals surface area (Å²) < 4.78 is 6.76. The zero-order chi connectivity index (χ0) is 11.2. The van der Waals surface area contributed by atoms with Gasteiger partial charge in [-0.05, 0) is 17.2 Å². The molecule has 0 spiro atoms. The highest BCUT2D eigenvalue weighted by Gasteiger charge is 1.98. The highest BCUT2D eigenvalue weighted by atomic mass is 79.9. The summed E-state index contributed by atoms with van der Waals surface area (Å²) in [5, 5.41) is 0. The van der Waals surface area contributed by atoms with Gasteiger partial charge in [0, 0.05) is 4.47 Å². The zero-order valence-electron chi connectivity index (χ0n) is 8.90. The Morgan fingerprint density at radius 1 is 0.812 bits per heavy atom. The molecule has 2 aromatic rings. The molecule has 0 saturated heterocycles. The first kappa shape index (κ1) is 11.4. The van der Waals surface area contributed by atoms with Gasteiger partial charge in [0.2, 0.25) is 0 Å². The first-order valence-electron chi connectivity index (χ1n) is 5.21. The van der Waals surface area contributed by atoms with Gasteiger partial charge in [0.1, 0.15) is 0 Å². The number of rotatable bonds is 4. The van der Waals surface area contributed by atoms with Gasteiger partial charge in [-0.1, -0.05) is 64.5 Å². The molecule has 0 aliphatic rings. The second kappa shape index (κ2) is 5.83. The highest BCUT2D eigenvalue weighted by molar-refractivity contribution is 9.10. The summed E-state index contributed by atoms with van der Waals surface area (Å²) in [6.07, 6.45) is 0. The molecule has 0 aromatic heterocycles. The third-order valence-corrected chi connectivity index (χ3v) is 3.10. The number of halogens is 1. The van der Waals surface area contributed by atoms with Crippen molar-refractivity contribution in [1.82, 2.24) is 0 Å². The van der Waals surface area contributed by atoms with Gasteiger partial charge in [-0.3, -0.25) is 0 Å². The summed E-state index contributed by atoms with van der Waals surface area (Å²) >= 11 is 3.50. The summed E-state index contributed by atoms with van der Waals surface area (Å²) in [5.74, 6) is 0. The van der Waals surface area contributed by atoms with Gasteiger partial charge < -0.3 is 4.74 Å². The Balaban J connectivity index is 1.87. The van der Waals surface area contributed by atoms with E-state index in [-0.39, 0.29) is 0 Å². The summed E-state index contributed by atoms with van der Waals surface area (Å²) in [5.41, 5.74) is 2.38. The minimum Gasteiger partial charge on any atom is -0.372 e. The number of benzene rings is 2. The normalized spacial score (nSPS) is 10.3. The zero-order valence-corrected chi connectivity index (χ0v) is 10.5. The molecule has 82 valence electrons. The number of hydrogen-bond donors (Lipinski definition) is 0. The molecule has 0 amide bonds. The lowest BCUT2D eigenvalue weighted by atomic mass is 10.2. The van der Waals surface area contributed by atoms with E-state index in [0.29, 0.717) is 13.2 Å². The van der Waals surface area contributed by atoms with Crippen LogP contribution in [0.3, 0.4) is 0 Å². The Kier molecular flexibility index (Phi) is 4.14. The lowest BCUT2D eigenvalue weighted by Crippen LogP contribution is -1.94. The van der Waals surface area contributed by atoms with Crippen molar-refractivity contribution in [2.45, 2.75) is 13.2 Å². The predicted octanol–water partition coefficient (Wildman–Crippen LogP) is 4.17. The van der Waals surface area contributed by atoms with Crippen molar-refractivity contribution in [3.05, 3.63) is 70.2 Å². The average Bonchev–Trinajstić information content (AvgIpc) is 2.33. The van der Waals surface area contributed by atoms with Gasteiger partial charge in [-0.15, -0.1) is 0 Å². The molecule has 0 aliphatic heterocycles. The van der Waals surface area contributed by atoms with Gasteiger partial charge in [-0.2, -0.15) is 0 Å². The van der Waals surface area contributed by atoms with Gasteiger partial charge >= 0.3 is 0 Å². The third-order valence-electron chi connectivity index (χ3n) is 2.33. The van der Waals surface area contributed by atoms with Crippen LogP contribution in [-0.4, -0.2) is 0 Å². The number of hydrogen-bond acceptors (Lipinski definition) is 1. The molecule has 16 heavy (non-hydrogen) atoms. The minimum atomic E-state index is 0.635. The molecule has 0 fully saturated rings. The van der Waals surface area contributed by atoms with Crippen molar-refractivity contribution in [2.24, 2.45) is 0 Å². The topological polar surface area (TPSA) is 9.23 Å². The van der Waals surface area contributed by atoms with E-state index in [1.807, 2.05) is 36.4 Å². The highest BCUT2D eigenvalue weighted by Crippen LogP contribution is 2.17. The first-order chi connectivity index (χ1) is 7.86. The van der Waals surface area contributed by atoms with Crippen LogP contribution in [0.15, 0.2) is 59.1 Å². The fourth-order valence-corrected chi connectivity index (χ4v) is 1.87. The molecule has 0 N–H and O–H groups in total. The molecular weight excluding hydrogens is 264 g/mol. The first-order valence-corrected chi connectivity index (χ1v) is 6.00. The molecule has 0 saturated carbocycles. The third kappa shape index (κ3) is 3.19. The van der Waals surface area contributed by atoms with E-state index >= 15 is 0 Å². The Bertz CT molecular complexity index is 439. The molecule has 0 atom stereocenters. The molecular formula is C14H13BrO. The second-order valence-corrected chi connectivity index (χ2v) is 4.42. The maximum Gasteiger partial charge on any atom is 0.0732 e. The predicted molar refractivity (Wildman–Crippen MR) is 69.1 cm³/mol. The summed E-state index contributed by atoms with van der Waals surface area (Å²) in [7, 11) is 0. The van der Waals surface area contributed by atoms with Crippen LogP contribution in [-0.2, 0) is 18.0 Å². The smallest absolute Gasteiger partial charge is 0.0732 e. The van der Waals surface area contributed by atoms with Gasteiger partial charge in [0.15, 0.2) is 0 Å². The fourth-order valence-electron chi connectivity index (χ4n) is 1.47. The quantitative estimate of drug-likeness (QED) is 0.815. The molecule has 0 radical (unpaired) electrons. The Labute approximate surface area is 104 Å². The summed E-state index contributed by atoms with van der Waals surface area (Å²) in [4.78, 5) is 0. The monoisotopic (exact) mass is 276 g/mol. The molecule has 2 aromatic carbocycles. The van der Waals surface area contributed by atoms with Crippen LogP contribution in [0.1, 0.15) is 11.1 Å². The molecule has 0 unspecified atom stereocenters. The minimum absolute atomic E-state index is 0.635. The molecule has 0 bridgehead atoms. The standard InChI is InChI=1S/C14H13BrO/c15-14-9-5-4-8-13(14)11-16-10-12-6-2-1-3-7-12/h1-9H,10-11H2. The van der Waals surface area contributed by atoms with Crippen molar-refractivity contribution in [2.75, 3.05) is 0 Å². The van der Waals surface area contributed by atoms with Crippen LogP contribution in [0.5, 0.6) is 0 Å². The van der Waals surface area contributed by atoms with Gasteiger partial charge in [0.25, 0.3) is 0 Å². The van der Waals surface area contributed by atoms with Crippen molar-refractivity contribution >= 4 is 15.9 Å². The lowest BCUT2D eigenvalue weighted by molar-refractivity contribution is 0.107. The van der Waals surface area contributed by atoms with E-state index in [9.17, 15) is 0 Å². The molecule has 0 aliphatic carbocycles. The van der Waals surface area contributed by atoms with Gasteiger partial charge in [0.05, 0.1) is 13.2 Å². The van der Waals surface area contributed by atoms with Crippen LogP contribution in [0.2, 0.25) is 0 Å². The molecule has 2 rings (SSSR count). The molecule has 2 heteroatoms. The van der Waals surface area contributed by atoms with Crippen LogP contribution in [0.4, 0.5) is 0 Å². The van der Waals surface area contributed by atoms with E-state index in [2.05, 4.69) is 34.1 Å². The van der Waals surface area contributed by atoms with E-state index < -0.39 is 0 Å². The maximum absolute atomic E-state index is 5.66. The second-order valence-electron chi connectivity index (χ2n) is 3.57. The molecule has 0 heterocycles. The van der Waals surface area contributed by atoms with Crippen LogP contribution < -0.4 is 0 Å². The number of ether oxygens (including phenoxy) is 1.